The number of halogens is 1. The molecule has 0 bridgehead atoms. The molecule has 0 aliphatic heterocycles. The van der Waals surface area contributed by atoms with Gasteiger partial charge >= 0.3 is 0 Å². The molecule has 2 heterocycles. The molecule has 2 aromatic rings. The maximum atomic E-state index is 11.9. The Balaban J connectivity index is 2.16. The minimum atomic E-state index is -0.266. The van der Waals surface area contributed by atoms with Gasteiger partial charge in [-0.05, 0) is 13.3 Å². The van der Waals surface area contributed by atoms with Crippen LogP contribution in [0.4, 0.5) is 5.69 Å². The lowest BCUT2D eigenvalue weighted by Gasteiger charge is -2.09. The number of H-pyrrole nitrogens is 1. The summed E-state index contributed by atoms with van der Waals surface area (Å²) in [5, 5.41) is 14.1. The first-order valence-corrected chi connectivity index (χ1v) is 6.49. The molecule has 0 unspecified atom stereocenters. The Bertz CT molecular complexity index is 619. The van der Waals surface area contributed by atoms with Crippen molar-refractivity contribution in [3.8, 4) is 0 Å². The third-order valence-electron chi connectivity index (χ3n) is 2.82. The van der Waals surface area contributed by atoms with E-state index in [9.17, 15) is 4.79 Å². The number of hydrogen-bond donors (Lipinski definition) is 2. The highest BCUT2D eigenvalue weighted by Crippen LogP contribution is 2.16. The molecule has 0 atom stereocenters. The molecule has 0 radical (unpaired) electrons. The van der Waals surface area contributed by atoms with Gasteiger partial charge in [0.05, 0.1) is 18.1 Å². The van der Waals surface area contributed by atoms with Crippen molar-refractivity contribution in [1.29, 1.82) is 0 Å². The second-order valence-electron chi connectivity index (χ2n) is 4.27. The molecule has 0 aliphatic carbocycles. The first kappa shape index (κ1) is 13.6. The minimum Gasteiger partial charge on any atom is -0.378 e. The van der Waals surface area contributed by atoms with Gasteiger partial charge in [0.1, 0.15) is 5.02 Å². The zero-order valence-electron chi connectivity index (χ0n) is 10.9. The van der Waals surface area contributed by atoms with Crippen molar-refractivity contribution in [2.24, 2.45) is 0 Å². The molecule has 102 valence electrons. The van der Waals surface area contributed by atoms with Gasteiger partial charge in [0.15, 0.2) is 0 Å². The summed E-state index contributed by atoms with van der Waals surface area (Å²) in [6.45, 7) is 5.03. The number of anilines is 1. The number of rotatable bonds is 5. The van der Waals surface area contributed by atoms with E-state index in [0.29, 0.717) is 18.8 Å². The monoisotopic (exact) mass is 281 g/mol. The van der Waals surface area contributed by atoms with E-state index in [1.807, 2.05) is 13.8 Å². The Morgan fingerprint density at radius 3 is 2.89 bits per heavy atom. The molecule has 6 nitrogen and oxygen atoms in total. The Morgan fingerprint density at radius 1 is 1.47 bits per heavy atom. The van der Waals surface area contributed by atoms with Crippen LogP contribution in [0.3, 0.4) is 0 Å². The maximum absolute atomic E-state index is 11.9. The van der Waals surface area contributed by atoms with Gasteiger partial charge in [-0.1, -0.05) is 18.5 Å². The van der Waals surface area contributed by atoms with Crippen LogP contribution in [0.5, 0.6) is 0 Å². The number of nitrogens with one attached hydrogen (secondary N) is 2. The first-order chi connectivity index (χ1) is 9.13. The highest BCUT2D eigenvalue weighted by molar-refractivity contribution is 6.32. The predicted octanol–water partition coefficient (Wildman–Crippen LogP) is 1.95. The molecule has 0 spiro atoms. The van der Waals surface area contributed by atoms with Gasteiger partial charge in [0.2, 0.25) is 0 Å². The van der Waals surface area contributed by atoms with Gasteiger partial charge in [-0.2, -0.15) is 10.2 Å². The summed E-state index contributed by atoms with van der Waals surface area (Å²) in [5.41, 5.74) is 2.28. The van der Waals surface area contributed by atoms with Crippen molar-refractivity contribution in [1.82, 2.24) is 20.0 Å². The summed E-state index contributed by atoms with van der Waals surface area (Å²) in [6, 6.07) is 0. The lowest BCUT2D eigenvalue weighted by Crippen LogP contribution is -2.24. The number of hydrogen-bond acceptors (Lipinski definition) is 4. The van der Waals surface area contributed by atoms with Crippen molar-refractivity contribution in [3.05, 3.63) is 39.0 Å². The van der Waals surface area contributed by atoms with Gasteiger partial charge in [0, 0.05) is 24.3 Å². The summed E-state index contributed by atoms with van der Waals surface area (Å²) < 4.78 is 1.37. The van der Waals surface area contributed by atoms with E-state index in [0.717, 1.165) is 17.7 Å². The van der Waals surface area contributed by atoms with Crippen LogP contribution in [0.2, 0.25) is 5.02 Å². The van der Waals surface area contributed by atoms with Gasteiger partial charge < -0.3 is 5.32 Å². The van der Waals surface area contributed by atoms with Crippen molar-refractivity contribution in [2.75, 3.05) is 5.32 Å². The summed E-state index contributed by atoms with van der Waals surface area (Å²) in [5.74, 6) is 0. The van der Waals surface area contributed by atoms with Crippen LogP contribution in [0.15, 0.2) is 17.2 Å². The minimum absolute atomic E-state index is 0.171. The average Bonchev–Trinajstić information content (AvgIpc) is 2.80. The molecule has 0 aromatic carbocycles. The Labute approximate surface area is 115 Å². The van der Waals surface area contributed by atoms with Crippen LogP contribution in [0.25, 0.3) is 0 Å². The van der Waals surface area contributed by atoms with Gasteiger partial charge in [-0.3, -0.25) is 9.89 Å². The van der Waals surface area contributed by atoms with Crippen molar-refractivity contribution in [3.63, 3.8) is 0 Å². The molecular formula is C12H16ClN5O. The number of aromatic amines is 1. The molecule has 0 aliphatic rings. The van der Waals surface area contributed by atoms with Crippen LogP contribution in [0.1, 0.15) is 24.6 Å². The molecule has 0 saturated heterocycles. The quantitative estimate of drug-likeness (QED) is 0.878. The fourth-order valence-electron chi connectivity index (χ4n) is 1.70. The largest absolute Gasteiger partial charge is 0.378 e. The molecule has 0 fully saturated rings. The van der Waals surface area contributed by atoms with Crippen LogP contribution >= 0.6 is 11.6 Å². The molecular weight excluding hydrogens is 266 g/mol. The van der Waals surface area contributed by atoms with Crippen molar-refractivity contribution < 1.29 is 0 Å². The Hall–Kier alpha value is -1.82. The Morgan fingerprint density at radius 2 is 2.26 bits per heavy atom. The summed E-state index contributed by atoms with van der Waals surface area (Å²) >= 11 is 6.05. The van der Waals surface area contributed by atoms with Crippen LogP contribution in [-0.4, -0.2) is 20.0 Å². The zero-order chi connectivity index (χ0) is 13.8. The van der Waals surface area contributed by atoms with E-state index < -0.39 is 0 Å². The molecule has 2 rings (SSSR count). The van der Waals surface area contributed by atoms with E-state index in [-0.39, 0.29) is 10.6 Å². The molecule has 19 heavy (non-hydrogen) atoms. The highest BCUT2D eigenvalue weighted by Gasteiger charge is 2.09. The van der Waals surface area contributed by atoms with Gasteiger partial charge in [0.25, 0.3) is 5.56 Å². The highest BCUT2D eigenvalue weighted by atomic mass is 35.5. The molecule has 2 N–H and O–H groups in total. The summed E-state index contributed by atoms with van der Waals surface area (Å²) in [6.07, 6.45) is 4.15. The smallest absolute Gasteiger partial charge is 0.287 e. The lowest BCUT2D eigenvalue weighted by atomic mass is 10.2. The van der Waals surface area contributed by atoms with E-state index in [4.69, 9.17) is 11.6 Å². The van der Waals surface area contributed by atoms with Crippen molar-refractivity contribution >= 4 is 17.3 Å². The maximum Gasteiger partial charge on any atom is 0.287 e. The van der Waals surface area contributed by atoms with Crippen LogP contribution in [0, 0.1) is 6.92 Å². The Kier molecular flexibility index (Phi) is 4.21. The third kappa shape index (κ3) is 2.96. The van der Waals surface area contributed by atoms with Crippen molar-refractivity contribution in [2.45, 2.75) is 33.4 Å². The summed E-state index contributed by atoms with van der Waals surface area (Å²) in [7, 11) is 0. The van der Waals surface area contributed by atoms with Crippen LogP contribution < -0.4 is 10.9 Å². The van der Waals surface area contributed by atoms with E-state index >= 15 is 0 Å². The number of aromatic nitrogens is 4. The normalized spacial score (nSPS) is 10.7. The fourth-order valence-corrected chi connectivity index (χ4v) is 1.92. The second-order valence-corrected chi connectivity index (χ2v) is 4.65. The molecule has 7 heteroatoms. The lowest BCUT2D eigenvalue weighted by molar-refractivity contribution is 0.568. The van der Waals surface area contributed by atoms with E-state index in [2.05, 4.69) is 20.6 Å². The van der Waals surface area contributed by atoms with Crippen LogP contribution in [-0.2, 0) is 13.1 Å². The first-order valence-electron chi connectivity index (χ1n) is 6.11. The molecule has 0 saturated carbocycles. The molecule has 0 amide bonds. The third-order valence-corrected chi connectivity index (χ3v) is 3.19. The molecule has 2 aromatic heterocycles. The number of nitrogens with zero attached hydrogens (tertiary/aromatic N) is 3. The standard InChI is InChI=1S/C12H16ClN5O/c1-3-4-18-12(19)11(13)10(7-16-18)14-5-9-6-15-17-8(9)2/h6-7,14H,3-5H2,1-2H3,(H,15,17). The van der Waals surface area contributed by atoms with Gasteiger partial charge in [-0.15, -0.1) is 0 Å². The van der Waals surface area contributed by atoms with E-state index in [1.165, 1.54) is 4.68 Å². The SMILES string of the molecule is CCCn1ncc(NCc2cn[nH]c2C)c(Cl)c1=O. The second kappa shape index (κ2) is 5.88. The van der Waals surface area contributed by atoms with Gasteiger partial charge in [-0.25, -0.2) is 4.68 Å². The predicted molar refractivity (Wildman–Crippen MR) is 74.4 cm³/mol. The summed E-state index contributed by atoms with van der Waals surface area (Å²) in [4.78, 5) is 11.9. The zero-order valence-corrected chi connectivity index (χ0v) is 11.7. The number of aryl methyl sites for hydroxylation is 2. The topological polar surface area (TPSA) is 75.6 Å². The average molecular weight is 282 g/mol. The van der Waals surface area contributed by atoms with E-state index in [1.54, 1.807) is 12.4 Å². The fraction of sp³-hybridized carbons (Fsp3) is 0.417.